The Labute approximate surface area is 154 Å². The lowest BCUT2D eigenvalue weighted by Crippen LogP contribution is -2.50. The standard InChI is InChI=1S/C17H18ClNO5S/c1-23-16-10(3-2-6-19-16)9-4-5-11(18)13(7-9)24-17-15(22)14(21)12(20)8-25-17/h2-7,12,14-15,17,20-22H,8H2,1H3/t12-,14+,15-,17+/m1/s1. The molecule has 1 aliphatic rings. The lowest BCUT2D eigenvalue weighted by atomic mass is 10.1. The molecule has 134 valence electrons. The summed E-state index contributed by atoms with van der Waals surface area (Å²) in [5.41, 5.74) is 0.834. The Hall–Kier alpha value is -1.51. The number of aliphatic hydroxyl groups excluding tert-OH is 3. The Kier molecular flexibility index (Phi) is 5.71. The van der Waals surface area contributed by atoms with Gasteiger partial charge in [-0.05, 0) is 29.8 Å². The molecule has 6 nitrogen and oxygen atoms in total. The number of rotatable bonds is 4. The highest BCUT2D eigenvalue weighted by Crippen LogP contribution is 2.37. The summed E-state index contributed by atoms with van der Waals surface area (Å²) in [6, 6.07) is 8.89. The van der Waals surface area contributed by atoms with Gasteiger partial charge in [0.15, 0.2) is 5.44 Å². The third kappa shape index (κ3) is 3.86. The van der Waals surface area contributed by atoms with Crippen LogP contribution in [-0.4, -0.2) is 56.9 Å². The predicted octanol–water partition coefficient (Wildman–Crippen LogP) is 1.95. The van der Waals surface area contributed by atoms with E-state index in [-0.39, 0.29) is 5.75 Å². The van der Waals surface area contributed by atoms with Crippen LogP contribution in [0.4, 0.5) is 0 Å². The van der Waals surface area contributed by atoms with E-state index in [1.807, 2.05) is 12.1 Å². The topological polar surface area (TPSA) is 92.0 Å². The molecule has 0 bridgehead atoms. The molecule has 0 saturated carbocycles. The number of methoxy groups -OCH3 is 1. The molecule has 1 aromatic heterocycles. The van der Waals surface area contributed by atoms with Gasteiger partial charge in [0.1, 0.15) is 18.0 Å². The van der Waals surface area contributed by atoms with E-state index in [4.69, 9.17) is 21.1 Å². The molecule has 1 aliphatic heterocycles. The van der Waals surface area contributed by atoms with Gasteiger partial charge < -0.3 is 24.8 Å². The molecule has 0 unspecified atom stereocenters. The van der Waals surface area contributed by atoms with E-state index < -0.39 is 23.7 Å². The number of halogens is 1. The van der Waals surface area contributed by atoms with Crippen molar-refractivity contribution in [1.29, 1.82) is 0 Å². The Bertz CT molecular complexity index is 747. The molecular formula is C17H18ClNO5S. The predicted molar refractivity (Wildman–Crippen MR) is 96.1 cm³/mol. The lowest BCUT2D eigenvalue weighted by Gasteiger charge is -2.34. The fourth-order valence-electron chi connectivity index (χ4n) is 2.54. The first kappa shape index (κ1) is 18.3. The van der Waals surface area contributed by atoms with Crippen molar-refractivity contribution >= 4 is 23.4 Å². The molecule has 2 aromatic rings. The summed E-state index contributed by atoms with van der Waals surface area (Å²) in [7, 11) is 1.54. The van der Waals surface area contributed by atoms with Crippen LogP contribution in [0.2, 0.25) is 5.02 Å². The SMILES string of the molecule is COc1ncccc1-c1ccc(Cl)c(O[C@H]2SC[C@@H](O)[C@H](O)[C@H]2O)c1. The van der Waals surface area contributed by atoms with Gasteiger partial charge in [-0.3, -0.25) is 0 Å². The highest BCUT2D eigenvalue weighted by molar-refractivity contribution is 7.99. The van der Waals surface area contributed by atoms with Crippen LogP contribution in [-0.2, 0) is 0 Å². The summed E-state index contributed by atoms with van der Waals surface area (Å²) in [6.07, 6.45) is -1.83. The van der Waals surface area contributed by atoms with Crippen LogP contribution in [0.25, 0.3) is 11.1 Å². The fraction of sp³-hybridized carbons (Fsp3) is 0.353. The van der Waals surface area contributed by atoms with E-state index in [0.717, 1.165) is 11.1 Å². The lowest BCUT2D eigenvalue weighted by molar-refractivity contribution is -0.0785. The minimum absolute atomic E-state index is 0.261. The van der Waals surface area contributed by atoms with Crippen molar-refractivity contribution in [3.8, 4) is 22.8 Å². The molecular weight excluding hydrogens is 366 g/mol. The third-order valence-electron chi connectivity index (χ3n) is 3.90. The van der Waals surface area contributed by atoms with Crippen LogP contribution in [0, 0.1) is 0 Å². The van der Waals surface area contributed by atoms with Gasteiger partial charge in [-0.25, -0.2) is 4.98 Å². The van der Waals surface area contributed by atoms with Crippen molar-refractivity contribution in [2.45, 2.75) is 23.7 Å². The first-order valence-corrected chi connectivity index (χ1v) is 9.05. The molecule has 1 fully saturated rings. The van der Waals surface area contributed by atoms with Crippen molar-refractivity contribution in [3.63, 3.8) is 0 Å². The molecule has 4 atom stereocenters. The maximum Gasteiger partial charge on any atom is 0.221 e. The largest absolute Gasteiger partial charge is 0.481 e. The van der Waals surface area contributed by atoms with Crippen LogP contribution in [0.5, 0.6) is 11.6 Å². The zero-order chi connectivity index (χ0) is 18.0. The molecule has 3 N–H and O–H groups in total. The quantitative estimate of drug-likeness (QED) is 0.743. The minimum atomic E-state index is -1.26. The first-order chi connectivity index (χ1) is 12.0. The molecule has 0 amide bonds. The summed E-state index contributed by atoms with van der Waals surface area (Å²) in [6.45, 7) is 0. The summed E-state index contributed by atoms with van der Waals surface area (Å²) in [5.74, 6) is 1.10. The number of thioether (sulfide) groups is 1. The van der Waals surface area contributed by atoms with Gasteiger partial charge in [-0.15, -0.1) is 11.8 Å². The van der Waals surface area contributed by atoms with Crippen LogP contribution < -0.4 is 9.47 Å². The first-order valence-electron chi connectivity index (χ1n) is 7.62. The smallest absolute Gasteiger partial charge is 0.221 e. The van der Waals surface area contributed by atoms with Crippen molar-refractivity contribution in [3.05, 3.63) is 41.6 Å². The van der Waals surface area contributed by atoms with Crippen molar-refractivity contribution in [2.75, 3.05) is 12.9 Å². The number of nitrogens with zero attached hydrogens (tertiary/aromatic N) is 1. The van der Waals surface area contributed by atoms with Crippen molar-refractivity contribution in [2.24, 2.45) is 0 Å². The zero-order valence-corrected chi connectivity index (χ0v) is 14.9. The Morgan fingerprint density at radius 1 is 1.20 bits per heavy atom. The molecule has 25 heavy (non-hydrogen) atoms. The van der Waals surface area contributed by atoms with E-state index >= 15 is 0 Å². The second kappa shape index (κ2) is 7.80. The Morgan fingerprint density at radius 3 is 2.76 bits per heavy atom. The van der Waals surface area contributed by atoms with E-state index in [1.54, 1.807) is 31.5 Å². The third-order valence-corrected chi connectivity index (χ3v) is 5.45. The highest BCUT2D eigenvalue weighted by atomic mass is 35.5. The minimum Gasteiger partial charge on any atom is -0.481 e. The molecule has 0 spiro atoms. The van der Waals surface area contributed by atoms with Gasteiger partial charge >= 0.3 is 0 Å². The number of aromatic nitrogens is 1. The van der Waals surface area contributed by atoms with Crippen molar-refractivity contribution < 1.29 is 24.8 Å². The van der Waals surface area contributed by atoms with Crippen LogP contribution in [0.3, 0.4) is 0 Å². The molecule has 0 radical (unpaired) electrons. The van der Waals surface area contributed by atoms with E-state index in [0.29, 0.717) is 16.7 Å². The van der Waals surface area contributed by atoms with Gasteiger partial charge in [0.2, 0.25) is 5.88 Å². The summed E-state index contributed by atoms with van der Waals surface area (Å²) < 4.78 is 11.1. The van der Waals surface area contributed by atoms with E-state index in [9.17, 15) is 15.3 Å². The van der Waals surface area contributed by atoms with Crippen molar-refractivity contribution in [1.82, 2.24) is 4.98 Å². The number of ether oxygens (including phenoxy) is 2. The maximum atomic E-state index is 10.1. The normalized spacial score (nSPS) is 26.3. The monoisotopic (exact) mass is 383 g/mol. The zero-order valence-electron chi connectivity index (χ0n) is 13.4. The Morgan fingerprint density at radius 2 is 2.00 bits per heavy atom. The van der Waals surface area contributed by atoms with Gasteiger partial charge in [0, 0.05) is 17.5 Å². The molecule has 1 saturated heterocycles. The van der Waals surface area contributed by atoms with Gasteiger partial charge in [-0.1, -0.05) is 17.7 Å². The van der Waals surface area contributed by atoms with Gasteiger partial charge in [0.05, 0.1) is 18.2 Å². The summed E-state index contributed by atoms with van der Waals surface area (Å²) >= 11 is 7.43. The van der Waals surface area contributed by atoms with Crippen LogP contribution in [0.15, 0.2) is 36.5 Å². The number of hydrogen-bond acceptors (Lipinski definition) is 7. The molecule has 2 heterocycles. The van der Waals surface area contributed by atoms with Gasteiger partial charge in [-0.2, -0.15) is 0 Å². The molecule has 0 aliphatic carbocycles. The number of aliphatic hydroxyl groups is 3. The summed E-state index contributed by atoms with van der Waals surface area (Å²) in [4.78, 5) is 4.17. The number of pyridine rings is 1. The molecule has 8 heteroatoms. The fourth-order valence-corrected chi connectivity index (χ4v) is 3.82. The van der Waals surface area contributed by atoms with E-state index in [2.05, 4.69) is 4.98 Å². The molecule has 3 rings (SSSR count). The van der Waals surface area contributed by atoms with Crippen LogP contribution >= 0.6 is 23.4 Å². The second-order valence-electron chi connectivity index (χ2n) is 5.57. The molecule has 1 aromatic carbocycles. The number of benzene rings is 1. The number of hydrogen-bond donors (Lipinski definition) is 3. The van der Waals surface area contributed by atoms with E-state index in [1.165, 1.54) is 11.8 Å². The second-order valence-corrected chi connectivity index (χ2v) is 7.11. The average Bonchev–Trinajstić information content (AvgIpc) is 2.63. The maximum absolute atomic E-state index is 10.1. The van der Waals surface area contributed by atoms with Gasteiger partial charge in [0.25, 0.3) is 0 Å². The van der Waals surface area contributed by atoms with Crippen LogP contribution in [0.1, 0.15) is 0 Å². The highest BCUT2D eigenvalue weighted by Gasteiger charge is 2.38. The summed E-state index contributed by atoms with van der Waals surface area (Å²) in [5, 5.41) is 29.9. The Balaban J connectivity index is 1.88. The average molecular weight is 384 g/mol.